The molecule has 1 aliphatic rings. The first-order valence-electron chi connectivity index (χ1n) is 8.74. The van der Waals surface area contributed by atoms with Crippen LogP contribution in [-0.2, 0) is 13.0 Å². The van der Waals surface area contributed by atoms with E-state index in [2.05, 4.69) is 38.1 Å². The zero-order valence-electron chi connectivity index (χ0n) is 14.6. The third-order valence-electron chi connectivity index (χ3n) is 4.70. The predicted octanol–water partition coefficient (Wildman–Crippen LogP) is 2.29. The van der Waals surface area contributed by atoms with Gasteiger partial charge in [0.25, 0.3) is 0 Å². The average Bonchev–Trinajstić information content (AvgIpc) is 3.09. The topological polar surface area (TPSA) is 49.6 Å². The van der Waals surface area contributed by atoms with Crippen LogP contribution in [0.1, 0.15) is 18.2 Å². The highest BCUT2D eigenvalue weighted by atomic mass is 19.1. The molecule has 1 aromatic carbocycles. The maximum absolute atomic E-state index is 13.4. The molecule has 8 heteroatoms. The fraction of sp³-hybridized carbons (Fsp3) is 0.389. The summed E-state index contributed by atoms with van der Waals surface area (Å²) in [6.07, 6.45) is 2.46. The molecule has 136 valence electrons. The van der Waals surface area contributed by atoms with Crippen LogP contribution in [0, 0.1) is 11.6 Å². The summed E-state index contributed by atoms with van der Waals surface area (Å²) >= 11 is 0. The Labute approximate surface area is 150 Å². The summed E-state index contributed by atoms with van der Waals surface area (Å²) in [4.78, 5) is 4.47. The number of fused-ring (bicyclic) bond motifs is 1. The van der Waals surface area contributed by atoms with Gasteiger partial charge in [-0.15, -0.1) is 10.2 Å². The SMILES string of the molecule is CCc1cc(N2CCN(Cc3cc(F)cc(F)c3)CC2)c2nncn2n1. The number of aryl methyl sites for hydroxylation is 1. The van der Waals surface area contributed by atoms with Crippen molar-refractivity contribution in [2.45, 2.75) is 19.9 Å². The summed E-state index contributed by atoms with van der Waals surface area (Å²) in [5.74, 6) is -1.06. The minimum absolute atomic E-state index is 0.531. The lowest BCUT2D eigenvalue weighted by atomic mass is 10.1. The highest BCUT2D eigenvalue weighted by Crippen LogP contribution is 2.23. The quantitative estimate of drug-likeness (QED) is 0.716. The summed E-state index contributed by atoms with van der Waals surface area (Å²) in [6, 6.07) is 5.76. The summed E-state index contributed by atoms with van der Waals surface area (Å²) in [5.41, 5.74) is 3.44. The molecular weight excluding hydrogens is 338 g/mol. The van der Waals surface area contributed by atoms with Crippen LogP contribution in [0.3, 0.4) is 0 Å². The molecule has 4 rings (SSSR count). The molecule has 0 amide bonds. The van der Waals surface area contributed by atoms with Gasteiger partial charge in [0, 0.05) is 38.8 Å². The fourth-order valence-electron chi connectivity index (χ4n) is 3.37. The number of nitrogens with zero attached hydrogens (tertiary/aromatic N) is 6. The van der Waals surface area contributed by atoms with E-state index in [0.717, 1.165) is 55.7 Å². The van der Waals surface area contributed by atoms with Crippen molar-refractivity contribution in [1.29, 1.82) is 0 Å². The molecule has 1 saturated heterocycles. The lowest BCUT2D eigenvalue weighted by Gasteiger charge is -2.36. The van der Waals surface area contributed by atoms with Crippen molar-refractivity contribution < 1.29 is 8.78 Å². The number of anilines is 1. The lowest BCUT2D eigenvalue weighted by Crippen LogP contribution is -2.46. The van der Waals surface area contributed by atoms with E-state index in [9.17, 15) is 8.78 Å². The smallest absolute Gasteiger partial charge is 0.200 e. The van der Waals surface area contributed by atoms with Crippen LogP contribution >= 0.6 is 0 Å². The Morgan fingerprint density at radius 3 is 2.42 bits per heavy atom. The molecule has 6 nitrogen and oxygen atoms in total. The fourth-order valence-corrected chi connectivity index (χ4v) is 3.37. The Hall–Kier alpha value is -2.61. The molecule has 3 aromatic rings. The van der Waals surface area contributed by atoms with Crippen LogP contribution in [-0.4, -0.2) is 50.9 Å². The monoisotopic (exact) mass is 358 g/mol. The van der Waals surface area contributed by atoms with Gasteiger partial charge in [0.2, 0.25) is 5.65 Å². The molecule has 0 saturated carbocycles. The third-order valence-corrected chi connectivity index (χ3v) is 4.70. The van der Waals surface area contributed by atoms with E-state index < -0.39 is 11.6 Å². The molecule has 3 heterocycles. The standard InChI is InChI=1S/C18H20F2N6/c1-2-16-10-17(18-22-21-12-26(18)23-16)25-5-3-24(4-6-25)11-13-7-14(19)9-15(20)8-13/h7-10,12H,2-6,11H2,1H3. The second kappa shape index (κ2) is 6.95. The van der Waals surface area contributed by atoms with Crippen LogP contribution in [0.5, 0.6) is 0 Å². The molecule has 0 bridgehead atoms. The van der Waals surface area contributed by atoms with Gasteiger partial charge in [-0.3, -0.25) is 4.90 Å². The summed E-state index contributed by atoms with van der Waals surface area (Å²) < 4.78 is 28.5. The Bertz CT molecular complexity index is 897. The van der Waals surface area contributed by atoms with E-state index in [4.69, 9.17) is 0 Å². The number of hydrogen-bond donors (Lipinski definition) is 0. The molecule has 26 heavy (non-hydrogen) atoms. The first-order chi connectivity index (χ1) is 12.6. The van der Waals surface area contributed by atoms with Gasteiger partial charge in [-0.05, 0) is 30.2 Å². The van der Waals surface area contributed by atoms with Gasteiger partial charge in [0.15, 0.2) is 0 Å². The molecule has 0 atom stereocenters. The van der Waals surface area contributed by atoms with Gasteiger partial charge in [0.05, 0.1) is 11.4 Å². The van der Waals surface area contributed by atoms with E-state index in [-0.39, 0.29) is 0 Å². The van der Waals surface area contributed by atoms with Crippen molar-refractivity contribution in [3.05, 3.63) is 53.5 Å². The van der Waals surface area contributed by atoms with Crippen LogP contribution in [0.2, 0.25) is 0 Å². The number of aromatic nitrogens is 4. The average molecular weight is 358 g/mol. The molecule has 0 spiro atoms. The number of rotatable bonds is 4. The van der Waals surface area contributed by atoms with E-state index >= 15 is 0 Å². The van der Waals surface area contributed by atoms with Crippen molar-refractivity contribution in [3.63, 3.8) is 0 Å². The molecule has 0 unspecified atom stereocenters. The second-order valence-electron chi connectivity index (χ2n) is 6.51. The van der Waals surface area contributed by atoms with Gasteiger partial charge >= 0.3 is 0 Å². The summed E-state index contributed by atoms with van der Waals surface area (Å²) in [7, 11) is 0. The minimum atomic E-state index is -0.531. The van der Waals surface area contributed by atoms with E-state index in [0.29, 0.717) is 12.1 Å². The van der Waals surface area contributed by atoms with E-state index in [1.807, 2.05) is 0 Å². The van der Waals surface area contributed by atoms with Gasteiger partial charge in [0.1, 0.15) is 18.0 Å². The van der Waals surface area contributed by atoms with E-state index in [1.54, 1.807) is 10.8 Å². The lowest BCUT2D eigenvalue weighted by molar-refractivity contribution is 0.249. The number of halogens is 2. The van der Waals surface area contributed by atoms with Crippen molar-refractivity contribution >= 4 is 11.3 Å². The zero-order chi connectivity index (χ0) is 18.1. The van der Waals surface area contributed by atoms with Crippen LogP contribution < -0.4 is 4.90 Å². The predicted molar refractivity (Wildman–Crippen MR) is 94.0 cm³/mol. The van der Waals surface area contributed by atoms with Crippen molar-refractivity contribution in [3.8, 4) is 0 Å². The molecular formula is C18H20F2N6. The number of benzene rings is 1. The highest BCUT2D eigenvalue weighted by molar-refractivity contribution is 5.68. The highest BCUT2D eigenvalue weighted by Gasteiger charge is 2.21. The molecule has 1 aliphatic heterocycles. The van der Waals surface area contributed by atoms with Gasteiger partial charge in [-0.1, -0.05) is 6.92 Å². The largest absolute Gasteiger partial charge is 0.366 e. The normalized spacial score (nSPS) is 15.7. The molecule has 0 aliphatic carbocycles. The molecule has 0 N–H and O–H groups in total. The number of piperazine rings is 1. The van der Waals surface area contributed by atoms with Gasteiger partial charge in [-0.25, -0.2) is 8.78 Å². The van der Waals surface area contributed by atoms with E-state index in [1.165, 1.54) is 12.1 Å². The van der Waals surface area contributed by atoms with Crippen molar-refractivity contribution in [1.82, 2.24) is 24.7 Å². The zero-order valence-corrected chi connectivity index (χ0v) is 14.6. The minimum Gasteiger partial charge on any atom is -0.366 e. The maximum atomic E-state index is 13.4. The summed E-state index contributed by atoms with van der Waals surface area (Å²) in [6.45, 7) is 5.85. The molecule has 1 fully saturated rings. The third kappa shape index (κ3) is 3.37. The van der Waals surface area contributed by atoms with Crippen LogP contribution in [0.4, 0.5) is 14.5 Å². The van der Waals surface area contributed by atoms with Crippen molar-refractivity contribution in [2.75, 3.05) is 31.1 Å². The Morgan fingerprint density at radius 1 is 1.00 bits per heavy atom. The summed E-state index contributed by atoms with van der Waals surface area (Å²) in [5, 5.41) is 12.6. The molecule has 2 aromatic heterocycles. The van der Waals surface area contributed by atoms with Gasteiger partial charge < -0.3 is 4.90 Å². The maximum Gasteiger partial charge on any atom is 0.200 e. The van der Waals surface area contributed by atoms with Crippen LogP contribution in [0.15, 0.2) is 30.6 Å². The Morgan fingerprint density at radius 2 is 1.73 bits per heavy atom. The van der Waals surface area contributed by atoms with Crippen molar-refractivity contribution in [2.24, 2.45) is 0 Å². The first kappa shape index (κ1) is 16.8. The number of hydrogen-bond acceptors (Lipinski definition) is 5. The second-order valence-corrected chi connectivity index (χ2v) is 6.51. The Kier molecular flexibility index (Phi) is 4.50. The van der Waals surface area contributed by atoms with Gasteiger partial charge in [-0.2, -0.15) is 9.61 Å². The molecule has 0 radical (unpaired) electrons. The first-order valence-corrected chi connectivity index (χ1v) is 8.74. The van der Waals surface area contributed by atoms with Crippen LogP contribution in [0.25, 0.3) is 5.65 Å². The Balaban J connectivity index is 1.47.